The van der Waals surface area contributed by atoms with Gasteiger partial charge in [0.25, 0.3) is 5.56 Å². The molecule has 0 radical (unpaired) electrons. The second-order valence-corrected chi connectivity index (χ2v) is 12.8. The third kappa shape index (κ3) is 5.96. The van der Waals surface area contributed by atoms with Gasteiger partial charge in [-0.05, 0) is 38.0 Å². The SMILES string of the molecule is CCCOc1ccc(S(=O)(=O)N2CCN(C(N)=O)CC2C)cc1-c1nc2c(c(=O)[nH]1)N(Cc1nccn1C)NC2CCC. The van der Waals surface area contributed by atoms with Crippen LogP contribution in [-0.2, 0) is 23.6 Å². The number of benzene rings is 1. The van der Waals surface area contributed by atoms with Gasteiger partial charge in [-0.1, -0.05) is 20.3 Å². The highest BCUT2D eigenvalue weighted by Gasteiger charge is 2.36. The number of nitrogens with zero attached hydrogens (tertiary/aromatic N) is 6. The molecular weight excluding hydrogens is 574 g/mol. The fourth-order valence-electron chi connectivity index (χ4n) is 5.56. The largest absolute Gasteiger partial charge is 0.493 e. The zero-order valence-electron chi connectivity index (χ0n) is 24.9. The number of carbonyl (C=O) groups is 1. The number of primary amides is 1. The van der Waals surface area contributed by atoms with E-state index in [1.165, 1.54) is 21.3 Å². The lowest BCUT2D eigenvalue weighted by atomic mass is 10.1. The molecule has 1 aromatic carbocycles. The van der Waals surface area contributed by atoms with Crippen molar-refractivity contribution in [1.82, 2.24) is 34.1 Å². The molecule has 2 unspecified atom stereocenters. The van der Waals surface area contributed by atoms with Crippen LogP contribution in [0.25, 0.3) is 11.4 Å². The van der Waals surface area contributed by atoms with E-state index in [0.717, 1.165) is 25.1 Å². The summed E-state index contributed by atoms with van der Waals surface area (Å²) in [7, 11) is -2.07. The smallest absolute Gasteiger partial charge is 0.314 e. The van der Waals surface area contributed by atoms with Crippen LogP contribution in [0, 0.1) is 0 Å². The first-order valence-electron chi connectivity index (χ1n) is 14.5. The van der Waals surface area contributed by atoms with Crippen molar-refractivity contribution in [3.63, 3.8) is 0 Å². The van der Waals surface area contributed by atoms with E-state index in [1.54, 1.807) is 24.2 Å². The van der Waals surface area contributed by atoms with E-state index >= 15 is 0 Å². The molecule has 2 aromatic heterocycles. The quantitative estimate of drug-likeness (QED) is 0.310. The molecule has 2 amide bonds. The van der Waals surface area contributed by atoms with Gasteiger partial charge in [-0.2, -0.15) is 4.31 Å². The number of rotatable bonds is 10. The molecule has 5 rings (SSSR count). The number of piperazine rings is 1. The van der Waals surface area contributed by atoms with Crippen molar-refractivity contribution in [1.29, 1.82) is 0 Å². The first kappa shape index (κ1) is 30.5. The van der Waals surface area contributed by atoms with Crippen LogP contribution in [0.2, 0.25) is 0 Å². The highest BCUT2D eigenvalue weighted by Crippen LogP contribution is 2.36. The van der Waals surface area contributed by atoms with Crippen molar-refractivity contribution >= 4 is 21.7 Å². The Bertz CT molecular complexity index is 1650. The number of ether oxygens (including phenoxy) is 1. The summed E-state index contributed by atoms with van der Waals surface area (Å²) >= 11 is 0. The summed E-state index contributed by atoms with van der Waals surface area (Å²) in [5.74, 6) is 1.41. The van der Waals surface area contributed by atoms with Crippen LogP contribution >= 0.6 is 0 Å². The summed E-state index contributed by atoms with van der Waals surface area (Å²) in [6.45, 7) is 7.04. The fraction of sp³-hybridized carbons (Fsp3) is 0.500. The lowest BCUT2D eigenvalue weighted by Crippen LogP contribution is -2.56. The van der Waals surface area contributed by atoms with Crippen LogP contribution < -0.4 is 26.5 Å². The molecule has 2 aliphatic heterocycles. The number of anilines is 1. The Morgan fingerprint density at radius 1 is 1.21 bits per heavy atom. The maximum atomic E-state index is 13.8. The second-order valence-electron chi connectivity index (χ2n) is 10.9. The number of amides is 2. The number of urea groups is 1. The number of nitrogens with two attached hydrogens (primary N) is 1. The third-order valence-electron chi connectivity index (χ3n) is 7.78. The predicted molar refractivity (Wildman–Crippen MR) is 161 cm³/mol. The topological polar surface area (TPSA) is 172 Å². The molecule has 15 heteroatoms. The van der Waals surface area contributed by atoms with E-state index in [0.29, 0.717) is 35.8 Å². The fourth-order valence-corrected chi connectivity index (χ4v) is 7.20. The van der Waals surface area contributed by atoms with Crippen LogP contribution in [0.3, 0.4) is 0 Å². The van der Waals surface area contributed by atoms with Crippen molar-refractivity contribution < 1.29 is 17.9 Å². The predicted octanol–water partition coefficient (Wildman–Crippen LogP) is 2.10. The number of nitrogens with one attached hydrogen (secondary N) is 2. The monoisotopic (exact) mass is 613 g/mol. The summed E-state index contributed by atoms with van der Waals surface area (Å²) < 4.78 is 36.9. The van der Waals surface area contributed by atoms with Crippen LogP contribution in [0.1, 0.15) is 57.6 Å². The zero-order chi connectivity index (χ0) is 30.9. The first-order valence-corrected chi connectivity index (χ1v) is 16.0. The van der Waals surface area contributed by atoms with Gasteiger partial charge in [0.1, 0.15) is 23.1 Å². The minimum absolute atomic E-state index is 0.0357. The Morgan fingerprint density at radius 3 is 2.65 bits per heavy atom. The third-order valence-corrected chi connectivity index (χ3v) is 9.79. The van der Waals surface area contributed by atoms with Gasteiger partial charge in [-0.25, -0.2) is 28.6 Å². The number of hydrogen-bond acceptors (Lipinski definition) is 9. The van der Waals surface area contributed by atoms with Crippen molar-refractivity contribution in [3.05, 3.63) is 52.5 Å². The number of imidazole rings is 1. The first-order chi connectivity index (χ1) is 20.5. The molecule has 2 atom stereocenters. The van der Waals surface area contributed by atoms with Crippen LogP contribution in [0.15, 0.2) is 40.3 Å². The lowest BCUT2D eigenvalue weighted by Gasteiger charge is -2.38. The number of aryl methyl sites for hydroxylation is 1. The summed E-state index contributed by atoms with van der Waals surface area (Å²) in [6.07, 6.45) is 5.89. The van der Waals surface area contributed by atoms with E-state index in [1.807, 2.05) is 24.7 Å². The molecule has 4 heterocycles. The minimum Gasteiger partial charge on any atom is -0.493 e. The molecule has 1 saturated heterocycles. The lowest BCUT2D eigenvalue weighted by molar-refractivity contribution is 0.154. The molecule has 1 fully saturated rings. The average molecular weight is 614 g/mol. The molecule has 232 valence electrons. The normalized spacial score (nSPS) is 19.1. The summed E-state index contributed by atoms with van der Waals surface area (Å²) in [5.41, 5.74) is 9.84. The number of hydrogen-bond donors (Lipinski definition) is 3. The van der Waals surface area contributed by atoms with Gasteiger partial charge in [0.2, 0.25) is 10.0 Å². The highest BCUT2D eigenvalue weighted by molar-refractivity contribution is 7.89. The van der Waals surface area contributed by atoms with Gasteiger partial charge >= 0.3 is 6.03 Å². The summed E-state index contributed by atoms with van der Waals surface area (Å²) in [5, 5.41) is 1.77. The number of aromatic amines is 1. The van der Waals surface area contributed by atoms with Crippen LogP contribution in [0.4, 0.5) is 10.5 Å². The van der Waals surface area contributed by atoms with Gasteiger partial charge in [0.15, 0.2) is 0 Å². The molecular formula is C28H39N9O5S. The molecule has 43 heavy (non-hydrogen) atoms. The maximum Gasteiger partial charge on any atom is 0.314 e. The van der Waals surface area contributed by atoms with Gasteiger partial charge in [0.05, 0.1) is 35.3 Å². The van der Waals surface area contributed by atoms with Gasteiger partial charge in [-0.15, -0.1) is 0 Å². The molecule has 0 bridgehead atoms. The molecule has 0 spiro atoms. The molecule has 3 aromatic rings. The van der Waals surface area contributed by atoms with Crippen LogP contribution in [0.5, 0.6) is 5.75 Å². The Morgan fingerprint density at radius 2 is 2.00 bits per heavy atom. The van der Waals surface area contributed by atoms with E-state index in [-0.39, 0.29) is 42.0 Å². The number of aromatic nitrogens is 4. The Hall–Kier alpha value is -3.95. The molecule has 14 nitrogen and oxygen atoms in total. The van der Waals surface area contributed by atoms with Crippen molar-refractivity contribution in [2.45, 2.75) is 63.6 Å². The molecule has 4 N–H and O–H groups in total. The van der Waals surface area contributed by atoms with E-state index in [9.17, 15) is 18.0 Å². The molecule has 0 aliphatic carbocycles. The number of H-pyrrole nitrogens is 1. The van der Waals surface area contributed by atoms with Gasteiger partial charge in [0, 0.05) is 45.1 Å². The Balaban J connectivity index is 1.56. The zero-order valence-corrected chi connectivity index (χ0v) is 25.7. The molecule has 0 saturated carbocycles. The number of fused-ring (bicyclic) bond motifs is 1. The number of carbonyl (C=O) groups excluding carboxylic acids is 1. The van der Waals surface area contributed by atoms with Crippen molar-refractivity contribution in [2.75, 3.05) is 31.3 Å². The number of sulfonamides is 1. The molecule has 2 aliphatic rings. The summed E-state index contributed by atoms with van der Waals surface area (Å²) in [4.78, 5) is 39.0. The van der Waals surface area contributed by atoms with E-state index in [4.69, 9.17) is 15.5 Å². The van der Waals surface area contributed by atoms with E-state index < -0.39 is 22.1 Å². The van der Waals surface area contributed by atoms with Crippen molar-refractivity contribution in [2.24, 2.45) is 12.8 Å². The standard InChI is InChI=1S/C28H39N9O5S/c1-5-7-21-24-25(36(33-21)17-23-30-10-11-34(23)4)27(38)32-26(31-24)20-15-19(8-9-22(20)42-14-6-2)43(40,41)37-13-12-35(28(29)39)16-18(37)3/h8-11,15,18,21,33H,5-7,12-14,16-17H2,1-4H3,(H2,29,39)(H,31,32,38). The van der Waals surface area contributed by atoms with Gasteiger partial charge in [-0.3, -0.25) is 9.80 Å². The maximum absolute atomic E-state index is 13.8. The average Bonchev–Trinajstić information content (AvgIpc) is 3.54. The summed E-state index contributed by atoms with van der Waals surface area (Å²) in [6, 6.07) is 3.33. The Kier molecular flexibility index (Phi) is 8.76. The minimum atomic E-state index is -3.96. The van der Waals surface area contributed by atoms with E-state index in [2.05, 4.69) is 22.3 Å². The highest BCUT2D eigenvalue weighted by atomic mass is 32.2. The second kappa shape index (κ2) is 12.3. The van der Waals surface area contributed by atoms with Gasteiger partial charge < -0.3 is 24.9 Å². The Labute approximate surface area is 250 Å². The van der Waals surface area contributed by atoms with Crippen molar-refractivity contribution in [3.8, 4) is 17.1 Å². The van der Waals surface area contributed by atoms with Crippen LogP contribution in [-0.4, -0.2) is 75.5 Å². The number of hydrazine groups is 1.